The van der Waals surface area contributed by atoms with Crippen LogP contribution >= 0.6 is 0 Å². The molecule has 0 radical (unpaired) electrons. The fraction of sp³-hybridized carbons (Fsp3) is 0.385. The average molecular weight is 187 g/mol. The Morgan fingerprint density at radius 3 is 2.79 bits per heavy atom. The highest BCUT2D eigenvalue weighted by Crippen LogP contribution is 2.29. The van der Waals surface area contributed by atoms with Crippen LogP contribution in [0.1, 0.15) is 24.4 Å². The van der Waals surface area contributed by atoms with Gasteiger partial charge in [0.05, 0.1) is 0 Å². The molecular weight excluding hydrogens is 170 g/mol. The van der Waals surface area contributed by atoms with Gasteiger partial charge in [-0.2, -0.15) is 0 Å². The molecule has 2 atom stereocenters. The molecule has 1 aliphatic rings. The van der Waals surface area contributed by atoms with Gasteiger partial charge in [0.15, 0.2) is 0 Å². The van der Waals surface area contributed by atoms with E-state index in [1.807, 2.05) is 0 Å². The molecule has 1 heteroatoms. The van der Waals surface area contributed by atoms with Crippen LogP contribution in [-0.2, 0) is 0 Å². The van der Waals surface area contributed by atoms with Gasteiger partial charge >= 0.3 is 0 Å². The maximum absolute atomic E-state index is 3.92. The molecule has 2 rings (SSSR count). The lowest BCUT2D eigenvalue weighted by molar-refractivity contribution is 0.336. The zero-order valence-electron chi connectivity index (χ0n) is 8.45. The smallest absolute Gasteiger partial charge is 0.0383 e. The molecular formula is C13H17N. The van der Waals surface area contributed by atoms with Crippen LogP contribution in [0.3, 0.4) is 0 Å². The lowest BCUT2D eigenvalue weighted by Crippen LogP contribution is -2.33. The van der Waals surface area contributed by atoms with Gasteiger partial charge in [-0.15, -0.1) is 6.58 Å². The number of hydrogen-bond donors (Lipinski definition) is 1. The fourth-order valence-electron chi connectivity index (χ4n) is 2.19. The molecule has 0 saturated carbocycles. The zero-order chi connectivity index (χ0) is 9.80. The van der Waals surface area contributed by atoms with Gasteiger partial charge in [0.1, 0.15) is 0 Å². The molecule has 1 aromatic carbocycles. The molecule has 1 aromatic rings. The Balaban J connectivity index is 2.19. The van der Waals surface area contributed by atoms with E-state index in [0.29, 0.717) is 12.0 Å². The lowest BCUT2D eigenvalue weighted by atomic mass is 9.86. The number of piperidine rings is 1. The van der Waals surface area contributed by atoms with Crippen molar-refractivity contribution >= 4 is 0 Å². The molecule has 0 bridgehead atoms. The van der Waals surface area contributed by atoms with E-state index < -0.39 is 0 Å². The zero-order valence-corrected chi connectivity index (χ0v) is 8.45. The van der Waals surface area contributed by atoms with Gasteiger partial charge in [-0.05, 0) is 30.9 Å². The monoisotopic (exact) mass is 187 g/mol. The lowest BCUT2D eigenvalue weighted by Gasteiger charge is -2.30. The normalized spacial score (nSPS) is 27.1. The fourth-order valence-corrected chi connectivity index (χ4v) is 2.19. The van der Waals surface area contributed by atoms with Crippen molar-refractivity contribution in [3.8, 4) is 0 Å². The van der Waals surface area contributed by atoms with Crippen LogP contribution in [0.2, 0.25) is 0 Å². The third-order valence-corrected chi connectivity index (χ3v) is 2.97. The van der Waals surface area contributed by atoms with Gasteiger partial charge < -0.3 is 5.32 Å². The van der Waals surface area contributed by atoms with E-state index in [1.165, 1.54) is 18.4 Å². The summed E-state index contributed by atoms with van der Waals surface area (Å²) in [5, 5.41) is 3.57. The quantitative estimate of drug-likeness (QED) is 0.702. The number of rotatable bonds is 2. The Labute approximate surface area is 85.8 Å². The molecule has 0 unspecified atom stereocenters. The van der Waals surface area contributed by atoms with Crippen molar-refractivity contribution in [1.29, 1.82) is 0 Å². The van der Waals surface area contributed by atoms with Crippen molar-refractivity contribution in [1.82, 2.24) is 5.32 Å². The molecule has 1 nitrogen and oxygen atoms in total. The molecule has 0 aliphatic carbocycles. The van der Waals surface area contributed by atoms with Crippen LogP contribution in [0, 0.1) is 5.92 Å². The highest BCUT2D eigenvalue weighted by Gasteiger charge is 2.22. The molecule has 1 aliphatic heterocycles. The van der Waals surface area contributed by atoms with Crippen LogP contribution in [0.5, 0.6) is 0 Å². The summed E-state index contributed by atoms with van der Waals surface area (Å²) >= 11 is 0. The van der Waals surface area contributed by atoms with E-state index >= 15 is 0 Å². The first-order valence-electron chi connectivity index (χ1n) is 5.32. The first-order chi connectivity index (χ1) is 6.92. The van der Waals surface area contributed by atoms with E-state index in [0.717, 1.165) is 6.54 Å². The van der Waals surface area contributed by atoms with Crippen molar-refractivity contribution in [3.63, 3.8) is 0 Å². The predicted octanol–water partition coefficient (Wildman–Crippen LogP) is 2.91. The Morgan fingerprint density at radius 1 is 1.29 bits per heavy atom. The van der Waals surface area contributed by atoms with E-state index in [9.17, 15) is 0 Å². The molecule has 1 N–H and O–H groups in total. The van der Waals surface area contributed by atoms with Crippen LogP contribution in [0.25, 0.3) is 0 Å². The minimum Gasteiger partial charge on any atom is -0.309 e. The van der Waals surface area contributed by atoms with Crippen LogP contribution in [0.4, 0.5) is 0 Å². The van der Waals surface area contributed by atoms with E-state index in [1.54, 1.807) is 0 Å². The van der Waals surface area contributed by atoms with Crippen LogP contribution in [0.15, 0.2) is 43.0 Å². The molecule has 0 aromatic heterocycles. The van der Waals surface area contributed by atoms with Gasteiger partial charge in [0.25, 0.3) is 0 Å². The maximum atomic E-state index is 3.92. The highest BCUT2D eigenvalue weighted by atomic mass is 14.9. The van der Waals surface area contributed by atoms with Gasteiger partial charge in [-0.25, -0.2) is 0 Å². The Kier molecular flexibility index (Phi) is 3.00. The predicted molar refractivity (Wildman–Crippen MR) is 60.1 cm³/mol. The minimum absolute atomic E-state index is 0.474. The van der Waals surface area contributed by atoms with Gasteiger partial charge in [0, 0.05) is 6.04 Å². The van der Waals surface area contributed by atoms with Gasteiger partial charge in [-0.1, -0.05) is 36.4 Å². The first-order valence-corrected chi connectivity index (χ1v) is 5.32. The summed E-state index contributed by atoms with van der Waals surface area (Å²) in [5.74, 6) is 0.589. The Morgan fingerprint density at radius 2 is 2.07 bits per heavy atom. The average Bonchev–Trinajstić information content (AvgIpc) is 2.30. The summed E-state index contributed by atoms with van der Waals surface area (Å²) in [7, 11) is 0. The minimum atomic E-state index is 0.474. The SMILES string of the molecule is C=C[C@@H]1CCCN[C@H]1c1ccccc1. The van der Waals surface area contributed by atoms with Crippen LogP contribution in [-0.4, -0.2) is 6.54 Å². The van der Waals surface area contributed by atoms with E-state index in [-0.39, 0.29) is 0 Å². The number of nitrogens with one attached hydrogen (secondary N) is 1. The number of hydrogen-bond acceptors (Lipinski definition) is 1. The summed E-state index contributed by atoms with van der Waals surface area (Å²) in [4.78, 5) is 0. The Hall–Kier alpha value is -1.08. The highest BCUT2D eigenvalue weighted by molar-refractivity contribution is 5.21. The third kappa shape index (κ3) is 1.88. The van der Waals surface area contributed by atoms with E-state index in [2.05, 4.69) is 48.3 Å². The molecule has 1 fully saturated rings. The third-order valence-electron chi connectivity index (χ3n) is 2.97. The van der Waals surface area contributed by atoms with Gasteiger partial charge in [0.2, 0.25) is 0 Å². The van der Waals surface area contributed by atoms with Crippen LogP contribution < -0.4 is 5.32 Å². The second-order valence-electron chi connectivity index (χ2n) is 3.88. The second kappa shape index (κ2) is 4.43. The number of benzene rings is 1. The first kappa shape index (κ1) is 9.47. The summed E-state index contributed by atoms with van der Waals surface area (Å²) in [6.45, 7) is 5.05. The maximum Gasteiger partial charge on any atom is 0.0383 e. The van der Waals surface area contributed by atoms with E-state index in [4.69, 9.17) is 0 Å². The summed E-state index contributed by atoms with van der Waals surface area (Å²) in [6, 6.07) is 11.1. The second-order valence-corrected chi connectivity index (χ2v) is 3.88. The van der Waals surface area contributed by atoms with Gasteiger partial charge in [-0.3, -0.25) is 0 Å². The molecule has 14 heavy (non-hydrogen) atoms. The molecule has 1 saturated heterocycles. The molecule has 0 spiro atoms. The Bertz CT molecular complexity index is 291. The summed E-state index contributed by atoms with van der Waals surface area (Å²) < 4.78 is 0. The largest absolute Gasteiger partial charge is 0.309 e. The summed E-state index contributed by atoms with van der Waals surface area (Å²) in [5.41, 5.74) is 1.39. The van der Waals surface area contributed by atoms with Crippen molar-refractivity contribution in [2.45, 2.75) is 18.9 Å². The van der Waals surface area contributed by atoms with Crippen molar-refractivity contribution in [2.24, 2.45) is 5.92 Å². The molecule has 0 amide bonds. The molecule has 1 heterocycles. The van der Waals surface area contributed by atoms with Crippen molar-refractivity contribution in [2.75, 3.05) is 6.54 Å². The van der Waals surface area contributed by atoms with Crippen molar-refractivity contribution in [3.05, 3.63) is 48.6 Å². The topological polar surface area (TPSA) is 12.0 Å². The molecule has 74 valence electrons. The summed E-state index contributed by atoms with van der Waals surface area (Å²) in [6.07, 6.45) is 4.61. The van der Waals surface area contributed by atoms with Crippen molar-refractivity contribution < 1.29 is 0 Å². The standard InChI is InChI=1S/C13H17N/c1-2-11-9-6-10-14-13(11)12-7-4-3-5-8-12/h2-5,7-8,11,13-14H,1,6,9-10H2/t11-,13-/m1/s1.